The van der Waals surface area contributed by atoms with Gasteiger partial charge in [-0.3, -0.25) is 4.79 Å². The van der Waals surface area contributed by atoms with Gasteiger partial charge in [0.25, 0.3) is 5.91 Å². The van der Waals surface area contributed by atoms with Crippen LogP contribution in [-0.2, 0) is 10.0 Å². The summed E-state index contributed by atoms with van der Waals surface area (Å²) in [7, 11) is -3.60. The number of hydrogen-bond acceptors (Lipinski definition) is 5. The van der Waals surface area contributed by atoms with E-state index in [1.54, 1.807) is 25.1 Å². The van der Waals surface area contributed by atoms with Crippen molar-refractivity contribution >= 4 is 33.0 Å². The van der Waals surface area contributed by atoms with Gasteiger partial charge in [-0.1, -0.05) is 6.07 Å². The van der Waals surface area contributed by atoms with Crippen molar-refractivity contribution in [1.29, 1.82) is 0 Å². The molecular weight excluding hydrogens is 382 g/mol. The van der Waals surface area contributed by atoms with Crippen molar-refractivity contribution in [2.75, 3.05) is 18.4 Å². The summed E-state index contributed by atoms with van der Waals surface area (Å²) in [6.45, 7) is 5.57. The molecule has 2 aromatic rings. The first-order chi connectivity index (χ1) is 12.9. The van der Waals surface area contributed by atoms with Crippen molar-refractivity contribution in [3.05, 3.63) is 46.2 Å². The Morgan fingerprint density at radius 3 is 2.63 bits per heavy atom. The molecule has 8 heteroatoms. The second kappa shape index (κ2) is 8.52. The smallest absolute Gasteiger partial charge is 0.265 e. The number of thiophene rings is 1. The molecule has 27 heavy (non-hydrogen) atoms. The van der Waals surface area contributed by atoms with E-state index in [1.165, 1.54) is 17.4 Å². The average molecular weight is 408 g/mol. The number of carbonyl (C=O) groups is 1. The van der Waals surface area contributed by atoms with Crippen LogP contribution in [0.15, 0.2) is 40.6 Å². The maximum absolute atomic E-state index is 12.7. The number of benzene rings is 1. The molecule has 2 heterocycles. The zero-order chi connectivity index (χ0) is 19.4. The number of piperidine rings is 1. The van der Waals surface area contributed by atoms with Gasteiger partial charge < -0.3 is 10.6 Å². The summed E-state index contributed by atoms with van der Waals surface area (Å²) in [6.07, 6.45) is 1.94. The Labute approximate surface area is 164 Å². The second-order valence-corrected chi connectivity index (χ2v) is 9.57. The molecule has 0 saturated carbocycles. The number of aryl methyl sites for hydroxylation is 1. The molecule has 1 aromatic heterocycles. The third-order valence-corrected chi connectivity index (χ3v) is 7.36. The number of carbonyl (C=O) groups excluding carboxylic acids is 1. The number of rotatable bonds is 6. The zero-order valence-corrected chi connectivity index (χ0v) is 17.1. The molecule has 1 aliphatic heterocycles. The summed E-state index contributed by atoms with van der Waals surface area (Å²) >= 11 is 1.36. The molecule has 0 radical (unpaired) electrons. The standard InChI is InChI=1S/C19H25N3O3S2/c1-13-12-16(5-6-17(13)21-19(23)18-4-3-11-26-18)27(24,25)22-14(2)15-7-9-20-10-8-15/h3-6,11-12,14-15,20,22H,7-10H2,1-2H3,(H,21,23)/t14-/m1/s1. The highest BCUT2D eigenvalue weighted by atomic mass is 32.2. The molecule has 0 spiro atoms. The van der Waals surface area contributed by atoms with E-state index in [0.29, 0.717) is 22.0 Å². The van der Waals surface area contributed by atoms with Gasteiger partial charge in [-0.2, -0.15) is 0 Å². The lowest BCUT2D eigenvalue weighted by Crippen LogP contribution is -2.42. The van der Waals surface area contributed by atoms with Gasteiger partial charge in [0.05, 0.1) is 9.77 Å². The summed E-state index contributed by atoms with van der Waals surface area (Å²) in [5.41, 5.74) is 1.32. The van der Waals surface area contributed by atoms with E-state index in [2.05, 4.69) is 15.4 Å². The van der Waals surface area contributed by atoms with Gasteiger partial charge >= 0.3 is 0 Å². The van der Waals surface area contributed by atoms with E-state index >= 15 is 0 Å². The first-order valence-corrected chi connectivity index (χ1v) is 11.4. The molecule has 1 atom stereocenters. The summed E-state index contributed by atoms with van der Waals surface area (Å²) < 4.78 is 28.3. The van der Waals surface area contributed by atoms with Crippen LogP contribution in [0.2, 0.25) is 0 Å². The van der Waals surface area contributed by atoms with Crippen LogP contribution in [0.3, 0.4) is 0 Å². The lowest BCUT2D eigenvalue weighted by atomic mass is 9.92. The minimum atomic E-state index is -3.60. The largest absolute Gasteiger partial charge is 0.321 e. The van der Waals surface area contributed by atoms with Crippen LogP contribution in [-0.4, -0.2) is 33.5 Å². The molecule has 3 N–H and O–H groups in total. The fraction of sp³-hybridized carbons (Fsp3) is 0.421. The van der Waals surface area contributed by atoms with E-state index < -0.39 is 10.0 Å². The average Bonchev–Trinajstić information content (AvgIpc) is 3.18. The molecule has 1 saturated heterocycles. The Bertz CT molecular complexity index is 889. The van der Waals surface area contributed by atoms with E-state index in [4.69, 9.17) is 0 Å². The van der Waals surface area contributed by atoms with Gasteiger partial charge in [-0.05, 0) is 80.9 Å². The highest BCUT2D eigenvalue weighted by Crippen LogP contribution is 2.23. The van der Waals surface area contributed by atoms with E-state index in [-0.39, 0.29) is 16.8 Å². The molecule has 6 nitrogen and oxygen atoms in total. The van der Waals surface area contributed by atoms with Crippen LogP contribution < -0.4 is 15.4 Å². The van der Waals surface area contributed by atoms with Gasteiger partial charge in [0.15, 0.2) is 0 Å². The third-order valence-electron chi connectivity index (χ3n) is 4.93. The van der Waals surface area contributed by atoms with Crippen LogP contribution in [0.25, 0.3) is 0 Å². The fourth-order valence-electron chi connectivity index (χ4n) is 3.29. The molecule has 0 aliphatic carbocycles. The normalized spacial score (nSPS) is 16.8. The Hall–Kier alpha value is -1.74. The fourth-order valence-corrected chi connectivity index (χ4v) is 5.30. The van der Waals surface area contributed by atoms with Crippen molar-refractivity contribution in [3.8, 4) is 0 Å². The van der Waals surface area contributed by atoms with Gasteiger partial charge in [-0.25, -0.2) is 13.1 Å². The summed E-state index contributed by atoms with van der Waals surface area (Å²) in [5.74, 6) is 0.146. The first-order valence-electron chi connectivity index (χ1n) is 9.05. The molecule has 1 aliphatic rings. The Balaban J connectivity index is 1.70. The van der Waals surface area contributed by atoms with Gasteiger partial charge in [0.1, 0.15) is 0 Å². The van der Waals surface area contributed by atoms with Crippen molar-refractivity contribution in [2.45, 2.75) is 37.6 Å². The van der Waals surface area contributed by atoms with Crippen LogP contribution >= 0.6 is 11.3 Å². The van der Waals surface area contributed by atoms with Crippen molar-refractivity contribution in [2.24, 2.45) is 5.92 Å². The van der Waals surface area contributed by atoms with Gasteiger partial charge in [0, 0.05) is 11.7 Å². The molecule has 1 amide bonds. The number of sulfonamides is 1. The second-order valence-electron chi connectivity index (χ2n) is 6.91. The lowest BCUT2D eigenvalue weighted by molar-refractivity contribution is 0.103. The monoisotopic (exact) mass is 407 g/mol. The van der Waals surface area contributed by atoms with Crippen molar-refractivity contribution in [1.82, 2.24) is 10.0 Å². The first kappa shape index (κ1) is 20.0. The summed E-state index contributed by atoms with van der Waals surface area (Å²) in [5, 5.41) is 7.97. The van der Waals surface area contributed by atoms with Crippen molar-refractivity contribution in [3.63, 3.8) is 0 Å². The topological polar surface area (TPSA) is 87.3 Å². The molecule has 1 aromatic carbocycles. The van der Waals surface area contributed by atoms with E-state index in [1.807, 2.05) is 18.4 Å². The highest BCUT2D eigenvalue weighted by molar-refractivity contribution is 7.89. The lowest BCUT2D eigenvalue weighted by Gasteiger charge is -2.28. The van der Waals surface area contributed by atoms with Gasteiger partial charge in [0.2, 0.25) is 10.0 Å². The number of hydrogen-bond donors (Lipinski definition) is 3. The summed E-state index contributed by atoms with van der Waals surface area (Å²) in [4.78, 5) is 13.0. The van der Waals surface area contributed by atoms with E-state index in [9.17, 15) is 13.2 Å². The van der Waals surface area contributed by atoms with Crippen LogP contribution in [0.5, 0.6) is 0 Å². The Morgan fingerprint density at radius 1 is 1.26 bits per heavy atom. The minimum absolute atomic E-state index is 0.115. The molecular formula is C19H25N3O3S2. The maximum atomic E-state index is 12.7. The van der Waals surface area contributed by atoms with Crippen LogP contribution in [0.1, 0.15) is 35.0 Å². The summed E-state index contributed by atoms with van der Waals surface area (Å²) in [6, 6.07) is 8.23. The zero-order valence-electron chi connectivity index (χ0n) is 15.5. The molecule has 1 fully saturated rings. The highest BCUT2D eigenvalue weighted by Gasteiger charge is 2.25. The maximum Gasteiger partial charge on any atom is 0.265 e. The third kappa shape index (κ3) is 4.95. The number of nitrogens with one attached hydrogen (secondary N) is 3. The Morgan fingerprint density at radius 2 is 2.00 bits per heavy atom. The quantitative estimate of drug-likeness (QED) is 0.687. The molecule has 3 rings (SSSR count). The van der Waals surface area contributed by atoms with Crippen LogP contribution in [0.4, 0.5) is 5.69 Å². The number of anilines is 1. The van der Waals surface area contributed by atoms with Gasteiger partial charge in [-0.15, -0.1) is 11.3 Å². The minimum Gasteiger partial charge on any atom is -0.321 e. The predicted molar refractivity (Wildman–Crippen MR) is 109 cm³/mol. The predicted octanol–water partition coefficient (Wildman–Crippen LogP) is 2.98. The van der Waals surface area contributed by atoms with Crippen molar-refractivity contribution < 1.29 is 13.2 Å². The molecule has 0 bridgehead atoms. The molecule has 146 valence electrons. The van der Waals surface area contributed by atoms with Crippen LogP contribution in [0, 0.1) is 12.8 Å². The Kier molecular flexibility index (Phi) is 6.31. The number of amides is 1. The molecule has 0 unspecified atom stereocenters. The van der Waals surface area contributed by atoms with E-state index in [0.717, 1.165) is 25.9 Å². The SMILES string of the molecule is Cc1cc(S(=O)(=O)N[C@H](C)C2CCNCC2)ccc1NC(=O)c1cccs1.